The van der Waals surface area contributed by atoms with Gasteiger partial charge >= 0.3 is 6.18 Å². The van der Waals surface area contributed by atoms with Gasteiger partial charge in [0.1, 0.15) is 0 Å². The maximum atomic E-state index is 12.5. The molecule has 0 saturated carbocycles. The molecule has 2 rings (SSSR count). The summed E-state index contributed by atoms with van der Waals surface area (Å²) >= 11 is 0. The van der Waals surface area contributed by atoms with Gasteiger partial charge in [-0.15, -0.1) is 0 Å². The molecule has 25 heavy (non-hydrogen) atoms. The van der Waals surface area contributed by atoms with Crippen molar-refractivity contribution in [1.29, 1.82) is 0 Å². The van der Waals surface area contributed by atoms with Crippen molar-refractivity contribution in [2.75, 3.05) is 11.9 Å². The second kappa shape index (κ2) is 7.83. The Morgan fingerprint density at radius 2 is 1.72 bits per heavy atom. The van der Waals surface area contributed by atoms with E-state index in [2.05, 4.69) is 10.6 Å². The summed E-state index contributed by atoms with van der Waals surface area (Å²) in [5.41, 5.74) is 0.895. The first-order valence-electron chi connectivity index (χ1n) is 7.64. The molecule has 132 valence electrons. The summed E-state index contributed by atoms with van der Waals surface area (Å²) in [4.78, 5) is 23.7. The molecule has 0 aliphatic rings. The van der Waals surface area contributed by atoms with Crippen molar-refractivity contribution in [2.45, 2.75) is 19.5 Å². The highest BCUT2D eigenvalue weighted by molar-refractivity contribution is 5.99. The lowest BCUT2D eigenvalue weighted by Gasteiger charge is -2.09. The zero-order valence-corrected chi connectivity index (χ0v) is 13.5. The molecule has 0 fully saturated rings. The molecule has 0 atom stereocenters. The predicted molar refractivity (Wildman–Crippen MR) is 88.2 cm³/mol. The van der Waals surface area contributed by atoms with E-state index in [-0.39, 0.29) is 12.1 Å². The third kappa shape index (κ3) is 5.34. The van der Waals surface area contributed by atoms with Crippen LogP contribution in [0.2, 0.25) is 0 Å². The van der Waals surface area contributed by atoms with Gasteiger partial charge in [0.25, 0.3) is 5.91 Å². The van der Waals surface area contributed by atoms with E-state index >= 15 is 0 Å². The van der Waals surface area contributed by atoms with Crippen LogP contribution in [0.3, 0.4) is 0 Å². The fourth-order valence-corrected chi connectivity index (χ4v) is 2.15. The van der Waals surface area contributed by atoms with Gasteiger partial charge < -0.3 is 10.6 Å². The van der Waals surface area contributed by atoms with E-state index in [4.69, 9.17) is 0 Å². The van der Waals surface area contributed by atoms with Gasteiger partial charge in [-0.3, -0.25) is 9.59 Å². The first-order valence-corrected chi connectivity index (χ1v) is 7.64. The molecule has 2 aromatic rings. The number of hydrogen-bond acceptors (Lipinski definition) is 2. The highest BCUT2D eigenvalue weighted by Crippen LogP contribution is 2.29. The Morgan fingerprint density at radius 1 is 1.04 bits per heavy atom. The molecule has 0 aliphatic carbocycles. The van der Waals surface area contributed by atoms with Crippen molar-refractivity contribution in [3.63, 3.8) is 0 Å². The van der Waals surface area contributed by atoms with Crippen molar-refractivity contribution >= 4 is 17.5 Å². The fraction of sp³-hybridized carbons (Fsp3) is 0.222. The Labute approximate surface area is 143 Å². The number of benzene rings is 2. The maximum Gasteiger partial charge on any atom is 0.416 e. The van der Waals surface area contributed by atoms with E-state index in [9.17, 15) is 22.8 Å². The molecule has 4 nitrogen and oxygen atoms in total. The maximum absolute atomic E-state index is 12.5. The number of carbonyl (C=O) groups is 2. The van der Waals surface area contributed by atoms with E-state index in [0.29, 0.717) is 5.69 Å². The van der Waals surface area contributed by atoms with Crippen molar-refractivity contribution < 1.29 is 22.8 Å². The lowest BCUT2D eigenvalue weighted by Crippen LogP contribution is -2.32. The van der Waals surface area contributed by atoms with Crippen molar-refractivity contribution in [3.8, 4) is 0 Å². The van der Waals surface area contributed by atoms with Gasteiger partial charge in [0, 0.05) is 11.3 Å². The number of nitrogens with one attached hydrogen (secondary N) is 2. The summed E-state index contributed by atoms with van der Waals surface area (Å²) in [6.45, 7) is 1.71. The highest BCUT2D eigenvalue weighted by atomic mass is 19.4. The topological polar surface area (TPSA) is 58.2 Å². The SMILES string of the molecule is CCc1cccc(NC(=O)CNC(=O)c2ccc(C(F)(F)F)cc2)c1. The second-order valence-corrected chi connectivity index (χ2v) is 5.36. The van der Waals surface area contributed by atoms with E-state index < -0.39 is 23.6 Å². The van der Waals surface area contributed by atoms with Crippen LogP contribution in [0.5, 0.6) is 0 Å². The Morgan fingerprint density at radius 3 is 2.32 bits per heavy atom. The fourth-order valence-electron chi connectivity index (χ4n) is 2.15. The number of carbonyl (C=O) groups excluding carboxylic acids is 2. The molecule has 2 N–H and O–H groups in total. The van der Waals surface area contributed by atoms with E-state index in [1.54, 1.807) is 6.07 Å². The minimum Gasteiger partial charge on any atom is -0.343 e. The number of aryl methyl sites for hydroxylation is 1. The molecular formula is C18H17F3N2O2. The molecule has 0 saturated heterocycles. The number of anilines is 1. The number of halogens is 3. The summed E-state index contributed by atoms with van der Waals surface area (Å²) in [6.07, 6.45) is -3.63. The Balaban J connectivity index is 1.89. The lowest BCUT2D eigenvalue weighted by molar-refractivity contribution is -0.137. The van der Waals surface area contributed by atoms with Crippen LogP contribution in [0, 0.1) is 0 Å². The summed E-state index contributed by atoms with van der Waals surface area (Å²) in [7, 11) is 0. The van der Waals surface area contributed by atoms with Crippen molar-refractivity contribution in [3.05, 3.63) is 65.2 Å². The first kappa shape index (κ1) is 18.5. The number of rotatable bonds is 5. The highest BCUT2D eigenvalue weighted by Gasteiger charge is 2.30. The molecule has 0 radical (unpaired) electrons. The molecule has 2 amide bonds. The zero-order valence-electron chi connectivity index (χ0n) is 13.5. The van der Waals surface area contributed by atoms with Crippen LogP contribution in [0.4, 0.5) is 18.9 Å². The molecule has 0 aromatic heterocycles. The van der Waals surface area contributed by atoms with E-state index in [1.807, 2.05) is 25.1 Å². The van der Waals surface area contributed by atoms with Crippen LogP contribution in [-0.2, 0) is 17.4 Å². The normalized spacial score (nSPS) is 11.0. The van der Waals surface area contributed by atoms with Crippen LogP contribution in [0.25, 0.3) is 0 Å². The van der Waals surface area contributed by atoms with Crippen LogP contribution in [0.1, 0.15) is 28.4 Å². The molecule has 0 spiro atoms. The average molecular weight is 350 g/mol. The van der Waals surface area contributed by atoms with Crippen molar-refractivity contribution in [1.82, 2.24) is 5.32 Å². The summed E-state index contributed by atoms with van der Waals surface area (Å²) < 4.78 is 37.4. The predicted octanol–water partition coefficient (Wildman–Crippen LogP) is 3.64. The Hall–Kier alpha value is -2.83. The van der Waals surface area contributed by atoms with Crippen LogP contribution in [0.15, 0.2) is 48.5 Å². The third-order valence-corrected chi connectivity index (χ3v) is 3.50. The van der Waals surface area contributed by atoms with Gasteiger partial charge in [-0.05, 0) is 48.4 Å². The Kier molecular flexibility index (Phi) is 5.80. The third-order valence-electron chi connectivity index (χ3n) is 3.50. The van der Waals surface area contributed by atoms with Gasteiger partial charge in [-0.2, -0.15) is 13.2 Å². The van der Waals surface area contributed by atoms with Gasteiger partial charge in [0.05, 0.1) is 12.1 Å². The van der Waals surface area contributed by atoms with Crippen LogP contribution < -0.4 is 10.6 Å². The first-order chi connectivity index (χ1) is 11.8. The number of alkyl halides is 3. The van der Waals surface area contributed by atoms with E-state index in [1.165, 1.54) is 0 Å². The van der Waals surface area contributed by atoms with Gasteiger partial charge in [-0.1, -0.05) is 19.1 Å². The monoisotopic (exact) mass is 350 g/mol. The molecule has 0 heterocycles. The average Bonchev–Trinajstić information content (AvgIpc) is 2.59. The summed E-state index contributed by atoms with van der Waals surface area (Å²) in [5, 5.41) is 5.02. The van der Waals surface area contributed by atoms with Gasteiger partial charge in [-0.25, -0.2) is 0 Å². The second-order valence-electron chi connectivity index (χ2n) is 5.36. The standard InChI is InChI=1S/C18H17F3N2O2/c1-2-12-4-3-5-15(10-12)23-16(24)11-22-17(25)13-6-8-14(9-7-13)18(19,20)21/h3-10H,2,11H2,1H3,(H,22,25)(H,23,24). The molecule has 0 bridgehead atoms. The molecule has 2 aromatic carbocycles. The smallest absolute Gasteiger partial charge is 0.343 e. The minimum absolute atomic E-state index is 0.0498. The lowest BCUT2D eigenvalue weighted by atomic mass is 10.1. The van der Waals surface area contributed by atoms with Gasteiger partial charge in [0.15, 0.2) is 0 Å². The van der Waals surface area contributed by atoms with Crippen molar-refractivity contribution in [2.24, 2.45) is 0 Å². The van der Waals surface area contributed by atoms with E-state index in [0.717, 1.165) is 36.2 Å². The van der Waals surface area contributed by atoms with Crippen LogP contribution >= 0.6 is 0 Å². The summed E-state index contributed by atoms with van der Waals surface area (Å²) in [6, 6.07) is 11.1. The quantitative estimate of drug-likeness (QED) is 0.865. The number of amides is 2. The molecule has 0 aliphatic heterocycles. The molecule has 0 unspecified atom stereocenters. The van der Waals surface area contributed by atoms with Crippen LogP contribution in [-0.4, -0.2) is 18.4 Å². The molecular weight excluding hydrogens is 333 g/mol. The largest absolute Gasteiger partial charge is 0.416 e. The summed E-state index contributed by atoms with van der Waals surface area (Å²) in [5.74, 6) is -1.04. The number of hydrogen-bond donors (Lipinski definition) is 2. The molecule has 7 heteroatoms. The van der Waals surface area contributed by atoms with Gasteiger partial charge in [0.2, 0.25) is 5.91 Å². The Bertz CT molecular complexity index is 756. The zero-order chi connectivity index (χ0) is 18.4. The minimum atomic E-state index is -4.46.